The van der Waals surface area contributed by atoms with Gasteiger partial charge in [0.1, 0.15) is 5.75 Å². The molecule has 0 bridgehead atoms. The van der Waals surface area contributed by atoms with E-state index in [0.29, 0.717) is 28.1 Å². The zero-order valence-corrected chi connectivity index (χ0v) is 15.3. The summed E-state index contributed by atoms with van der Waals surface area (Å²) < 4.78 is 11.8. The van der Waals surface area contributed by atoms with Gasteiger partial charge in [0.15, 0.2) is 5.78 Å². The topological polar surface area (TPSA) is 74.1 Å². The Kier molecular flexibility index (Phi) is 5.07. The molecule has 2 heterocycles. The maximum atomic E-state index is 13.0. The van der Waals surface area contributed by atoms with Crippen LogP contribution < -0.4 is 4.74 Å². The van der Waals surface area contributed by atoms with Gasteiger partial charge in [-0.2, -0.15) is 0 Å². The van der Waals surface area contributed by atoms with Gasteiger partial charge < -0.3 is 13.9 Å². The molecule has 0 amide bonds. The summed E-state index contributed by atoms with van der Waals surface area (Å²) in [5, 5.41) is 0. The lowest BCUT2D eigenvalue weighted by atomic mass is 10.1. The third-order valence-electron chi connectivity index (χ3n) is 4.26. The van der Waals surface area contributed by atoms with Gasteiger partial charge in [-0.05, 0) is 56.3 Å². The minimum absolute atomic E-state index is 0.128. The molecule has 0 aliphatic rings. The van der Waals surface area contributed by atoms with Crippen LogP contribution in [0.1, 0.15) is 50.6 Å². The monoisotopic (exact) mass is 365 g/mol. The summed E-state index contributed by atoms with van der Waals surface area (Å²) in [6.45, 7) is 3.37. The lowest BCUT2D eigenvalue weighted by Crippen LogP contribution is -2.05. The van der Waals surface area contributed by atoms with Crippen LogP contribution in [-0.4, -0.2) is 35.7 Å². The van der Waals surface area contributed by atoms with E-state index in [-0.39, 0.29) is 23.7 Å². The van der Waals surface area contributed by atoms with Crippen molar-refractivity contribution in [1.29, 1.82) is 0 Å². The van der Waals surface area contributed by atoms with Crippen LogP contribution in [0.15, 0.2) is 48.7 Å². The number of carbonyl (C=O) groups excluding carboxylic acids is 3. The molecule has 0 aliphatic carbocycles. The molecule has 0 unspecified atom stereocenters. The van der Waals surface area contributed by atoms with Crippen LogP contribution in [0, 0.1) is 0 Å². The summed E-state index contributed by atoms with van der Waals surface area (Å²) in [6, 6.07) is 11.4. The summed E-state index contributed by atoms with van der Waals surface area (Å²) in [7, 11) is 1.55. The number of rotatable bonds is 6. The highest BCUT2D eigenvalue weighted by molar-refractivity contribution is 6.11. The first-order valence-electron chi connectivity index (χ1n) is 8.48. The van der Waals surface area contributed by atoms with Gasteiger partial charge >= 0.3 is 5.97 Å². The van der Waals surface area contributed by atoms with Crippen LogP contribution in [0.3, 0.4) is 0 Å². The summed E-state index contributed by atoms with van der Waals surface area (Å²) in [5.41, 5.74) is 1.93. The van der Waals surface area contributed by atoms with Gasteiger partial charge in [0, 0.05) is 17.3 Å². The summed E-state index contributed by atoms with van der Waals surface area (Å²) in [6.07, 6.45) is 1.62. The first-order valence-corrected chi connectivity index (χ1v) is 8.48. The average molecular weight is 365 g/mol. The standard InChI is InChI=1S/C21H19NO5/c1-4-27-21(25)17-12-19(20(24)14-5-7-16(26-3)8-6-14)22-10-9-15(13(2)23)11-18(17)22/h5-12H,4H2,1-3H3. The number of hydrogen-bond donors (Lipinski definition) is 0. The predicted molar refractivity (Wildman–Crippen MR) is 99.8 cm³/mol. The Balaban J connectivity index is 2.15. The van der Waals surface area contributed by atoms with Gasteiger partial charge in [0.05, 0.1) is 30.5 Å². The van der Waals surface area contributed by atoms with E-state index in [2.05, 4.69) is 0 Å². The van der Waals surface area contributed by atoms with Crippen LogP contribution in [0.2, 0.25) is 0 Å². The minimum atomic E-state index is -0.538. The van der Waals surface area contributed by atoms with Crippen molar-refractivity contribution in [3.05, 3.63) is 71.0 Å². The maximum Gasteiger partial charge on any atom is 0.340 e. The van der Waals surface area contributed by atoms with Crippen molar-refractivity contribution in [3.63, 3.8) is 0 Å². The Morgan fingerprint density at radius 1 is 1.00 bits per heavy atom. The van der Waals surface area contributed by atoms with Crippen molar-refractivity contribution in [3.8, 4) is 5.75 Å². The first-order chi connectivity index (χ1) is 13.0. The Labute approximate surface area is 156 Å². The molecule has 1 aromatic carbocycles. The number of methoxy groups -OCH3 is 1. The van der Waals surface area contributed by atoms with E-state index in [1.165, 1.54) is 13.0 Å². The Morgan fingerprint density at radius 3 is 2.30 bits per heavy atom. The second-order valence-corrected chi connectivity index (χ2v) is 5.95. The summed E-state index contributed by atoms with van der Waals surface area (Å²) in [5.74, 6) is -0.273. The smallest absolute Gasteiger partial charge is 0.340 e. The lowest BCUT2D eigenvalue weighted by Gasteiger charge is -2.05. The molecule has 3 aromatic rings. The van der Waals surface area contributed by atoms with E-state index in [0.717, 1.165) is 0 Å². The molecule has 0 radical (unpaired) electrons. The van der Waals surface area contributed by atoms with E-state index in [4.69, 9.17) is 9.47 Å². The number of ether oxygens (including phenoxy) is 2. The van der Waals surface area contributed by atoms with E-state index >= 15 is 0 Å². The number of Topliss-reactive ketones (excluding diaryl/α,β-unsaturated/α-hetero) is 1. The van der Waals surface area contributed by atoms with Crippen molar-refractivity contribution >= 4 is 23.1 Å². The fraction of sp³-hybridized carbons (Fsp3) is 0.190. The maximum absolute atomic E-state index is 13.0. The fourth-order valence-electron chi connectivity index (χ4n) is 2.85. The highest BCUT2D eigenvalue weighted by Crippen LogP contribution is 2.23. The largest absolute Gasteiger partial charge is 0.497 e. The molecular weight excluding hydrogens is 346 g/mol. The van der Waals surface area contributed by atoms with E-state index < -0.39 is 5.97 Å². The average Bonchev–Trinajstić information content (AvgIpc) is 3.06. The Hall–Kier alpha value is -3.41. The van der Waals surface area contributed by atoms with Crippen LogP contribution in [-0.2, 0) is 4.74 Å². The minimum Gasteiger partial charge on any atom is -0.497 e. The summed E-state index contributed by atoms with van der Waals surface area (Å²) >= 11 is 0. The second kappa shape index (κ2) is 7.45. The SMILES string of the molecule is CCOC(=O)c1cc(C(=O)c2ccc(OC)cc2)n2ccc(C(C)=O)cc12. The molecule has 27 heavy (non-hydrogen) atoms. The predicted octanol–water partition coefficient (Wildman–Crippen LogP) is 3.56. The normalized spacial score (nSPS) is 10.6. The number of fused-ring (bicyclic) bond motifs is 1. The van der Waals surface area contributed by atoms with Gasteiger partial charge in [-0.3, -0.25) is 9.59 Å². The molecule has 2 aromatic heterocycles. The van der Waals surface area contributed by atoms with Crippen molar-refractivity contribution in [2.45, 2.75) is 13.8 Å². The van der Waals surface area contributed by atoms with Crippen LogP contribution in [0.4, 0.5) is 0 Å². The second-order valence-electron chi connectivity index (χ2n) is 5.95. The number of aromatic nitrogens is 1. The highest BCUT2D eigenvalue weighted by atomic mass is 16.5. The molecule has 0 fully saturated rings. The Bertz CT molecular complexity index is 1030. The van der Waals surface area contributed by atoms with Crippen LogP contribution in [0.5, 0.6) is 5.75 Å². The number of benzene rings is 1. The van der Waals surface area contributed by atoms with Crippen LogP contribution in [0.25, 0.3) is 5.52 Å². The molecular formula is C21H19NO5. The third kappa shape index (κ3) is 3.46. The first kappa shape index (κ1) is 18.4. The number of ketones is 2. The van der Waals surface area contributed by atoms with Gasteiger partial charge in [-0.1, -0.05) is 0 Å². The molecule has 6 nitrogen and oxygen atoms in total. The molecule has 6 heteroatoms. The van der Waals surface area contributed by atoms with Gasteiger partial charge in [0.25, 0.3) is 0 Å². The third-order valence-corrected chi connectivity index (χ3v) is 4.26. The molecule has 0 saturated heterocycles. The van der Waals surface area contributed by atoms with E-state index in [1.807, 2.05) is 0 Å². The van der Waals surface area contributed by atoms with Crippen molar-refractivity contribution in [2.75, 3.05) is 13.7 Å². The zero-order chi connectivity index (χ0) is 19.6. The van der Waals surface area contributed by atoms with E-state index in [9.17, 15) is 14.4 Å². The zero-order valence-electron chi connectivity index (χ0n) is 15.3. The van der Waals surface area contributed by atoms with Gasteiger partial charge in [-0.15, -0.1) is 0 Å². The number of hydrogen-bond acceptors (Lipinski definition) is 5. The summed E-state index contributed by atoms with van der Waals surface area (Å²) in [4.78, 5) is 37.1. The van der Waals surface area contributed by atoms with Gasteiger partial charge in [0.2, 0.25) is 5.78 Å². The number of carbonyl (C=O) groups is 3. The van der Waals surface area contributed by atoms with Crippen molar-refractivity contribution in [1.82, 2.24) is 4.40 Å². The Morgan fingerprint density at radius 2 is 1.70 bits per heavy atom. The molecule has 0 atom stereocenters. The highest BCUT2D eigenvalue weighted by Gasteiger charge is 2.22. The fourth-order valence-corrected chi connectivity index (χ4v) is 2.85. The molecule has 3 rings (SSSR count). The quantitative estimate of drug-likeness (QED) is 0.493. The van der Waals surface area contributed by atoms with Crippen molar-refractivity contribution in [2.24, 2.45) is 0 Å². The number of nitrogens with zero attached hydrogens (tertiary/aromatic N) is 1. The molecule has 0 spiro atoms. The molecule has 0 saturated carbocycles. The molecule has 0 N–H and O–H groups in total. The molecule has 0 aliphatic heterocycles. The van der Waals surface area contributed by atoms with Crippen LogP contribution >= 0.6 is 0 Å². The lowest BCUT2D eigenvalue weighted by molar-refractivity contribution is 0.0528. The number of pyridine rings is 1. The van der Waals surface area contributed by atoms with Gasteiger partial charge in [-0.25, -0.2) is 4.79 Å². The van der Waals surface area contributed by atoms with Crippen molar-refractivity contribution < 1.29 is 23.9 Å². The molecule has 138 valence electrons. The van der Waals surface area contributed by atoms with E-state index in [1.54, 1.807) is 61.0 Å². The number of esters is 1.